The SMILES string of the molecule is CC#C/C=C\C#CCC1=C(NC(=O)OC)C(=O)CC(C)/C1=C/CSSSC. The van der Waals surface area contributed by atoms with Gasteiger partial charge in [0.25, 0.3) is 0 Å². The van der Waals surface area contributed by atoms with Crippen LogP contribution in [0.25, 0.3) is 0 Å². The van der Waals surface area contributed by atoms with Gasteiger partial charge in [0.15, 0.2) is 5.78 Å². The molecule has 1 amide bonds. The van der Waals surface area contributed by atoms with Crippen LogP contribution in [0, 0.1) is 29.6 Å². The predicted molar refractivity (Wildman–Crippen MR) is 118 cm³/mol. The van der Waals surface area contributed by atoms with Gasteiger partial charge in [-0.1, -0.05) is 52.3 Å². The highest BCUT2D eigenvalue weighted by Crippen LogP contribution is 2.36. The molecule has 0 heterocycles. The highest BCUT2D eigenvalue weighted by Gasteiger charge is 2.30. The van der Waals surface area contributed by atoms with Crippen LogP contribution in [0.15, 0.2) is 35.1 Å². The minimum atomic E-state index is -0.650. The van der Waals surface area contributed by atoms with Gasteiger partial charge in [0.05, 0.1) is 12.8 Å². The number of allylic oxidation sites excluding steroid dienone is 5. The molecule has 1 N–H and O–H groups in total. The summed E-state index contributed by atoms with van der Waals surface area (Å²) < 4.78 is 4.67. The molecule has 27 heavy (non-hydrogen) atoms. The lowest BCUT2D eigenvalue weighted by Gasteiger charge is -2.26. The van der Waals surface area contributed by atoms with Crippen molar-refractivity contribution in [2.75, 3.05) is 19.1 Å². The molecule has 0 aromatic rings. The van der Waals surface area contributed by atoms with Crippen LogP contribution in [0.2, 0.25) is 0 Å². The van der Waals surface area contributed by atoms with E-state index in [0.29, 0.717) is 18.5 Å². The molecule has 1 rings (SSSR count). The van der Waals surface area contributed by atoms with E-state index in [-0.39, 0.29) is 11.7 Å². The molecule has 0 bridgehead atoms. The maximum Gasteiger partial charge on any atom is 0.411 e. The maximum atomic E-state index is 12.5. The molecule has 1 aliphatic carbocycles. The summed E-state index contributed by atoms with van der Waals surface area (Å²) >= 11 is 0. The number of ketones is 1. The maximum absolute atomic E-state index is 12.5. The summed E-state index contributed by atoms with van der Waals surface area (Å²) in [4.78, 5) is 24.2. The van der Waals surface area contributed by atoms with Crippen molar-refractivity contribution in [2.45, 2.75) is 26.7 Å². The predicted octanol–water partition coefficient (Wildman–Crippen LogP) is 4.76. The van der Waals surface area contributed by atoms with E-state index in [1.165, 1.54) is 7.11 Å². The van der Waals surface area contributed by atoms with Crippen molar-refractivity contribution in [1.82, 2.24) is 5.32 Å². The molecule has 1 aliphatic rings. The van der Waals surface area contributed by atoms with Gasteiger partial charge >= 0.3 is 6.09 Å². The largest absolute Gasteiger partial charge is 0.453 e. The smallest absolute Gasteiger partial charge is 0.411 e. The number of hydrogen-bond donors (Lipinski definition) is 1. The highest BCUT2D eigenvalue weighted by atomic mass is 33.5. The number of rotatable bonds is 6. The average Bonchev–Trinajstić information content (AvgIpc) is 2.65. The van der Waals surface area contributed by atoms with Gasteiger partial charge in [-0.2, -0.15) is 0 Å². The first-order valence-electron chi connectivity index (χ1n) is 8.24. The van der Waals surface area contributed by atoms with Gasteiger partial charge in [0.2, 0.25) is 0 Å². The van der Waals surface area contributed by atoms with Gasteiger partial charge in [0.1, 0.15) is 0 Å². The number of ether oxygens (including phenoxy) is 1. The third-order valence-electron chi connectivity index (χ3n) is 3.61. The molecule has 0 aromatic heterocycles. The molecule has 0 radical (unpaired) electrons. The van der Waals surface area contributed by atoms with E-state index in [1.807, 2.05) is 13.2 Å². The fourth-order valence-corrected chi connectivity index (χ4v) is 4.90. The molecule has 0 saturated carbocycles. The number of amides is 1. The summed E-state index contributed by atoms with van der Waals surface area (Å²) in [6, 6.07) is 0. The first kappa shape index (κ1) is 23.4. The summed E-state index contributed by atoms with van der Waals surface area (Å²) in [5.41, 5.74) is 2.11. The van der Waals surface area contributed by atoms with Crippen molar-refractivity contribution >= 4 is 43.3 Å². The normalized spacial score (nSPS) is 18.0. The molecular formula is C20H23NO3S3. The Labute approximate surface area is 173 Å². The molecule has 0 spiro atoms. The number of Topliss-reactive ketones (excluding diaryl/α,β-unsaturated/α-hetero) is 1. The van der Waals surface area contributed by atoms with E-state index in [9.17, 15) is 9.59 Å². The summed E-state index contributed by atoms with van der Waals surface area (Å²) in [6.07, 6.45) is 7.58. The molecule has 0 aromatic carbocycles. The van der Waals surface area contributed by atoms with Crippen LogP contribution < -0.4 is 5.32 Å². The van der Waals surface area contributed by atoms with Crippen molar-refractivity contribution in [3.05, 3.63) is 35.1 Å². The molecule has 7 heteroatoms. The fourth-order valence-electron chi connectivity index (χ4n) is 2.48. The van der Waals surface area contributed by atoms with E-state index in [4.69, 9.17) is 0 Å². The second kappa shape index (κ2) is 13.5. The van der Waals surface area contributed by atoms with Crippen LogP contribution in [0.4, 0.5) is 4.79 Å². The van der Waals surface area contributed by atoms with Crippen molar-refractivity contribution in [1.29, 1.82) is 0 Å². The Morgan fingerprint density at radius 3 is 2.78 bits per heavy atom. The first-order chi connectivity index (χ1) is 13.0. The Balaban J connectivity index is 3.20. The molecule has 1 atom stereocenters. The van der Waals surface area contributed by atoms with Crippen molar-refractivity contribution in [2.24, 2.45) is 5.92 Å². The molecule has 0 saturated heterocycles. The third kappa shape index (κ3) is 8.26. The van der Waals surface area contributed by atoms with E-state index < -0.39 is 6.09 Å². The molecule has 0 aliphatic heterocycles. The second-order valence-electron chi connectivity index (χ2n) is 5.40. The first-order valence-corrected chi connectivity index (χ1v) is 12.3. The van der Waals surface area contributed by atoms with Gasteiger partial charge < -0.3 is 4.74 Å². The summed E-state index contributed by atoms with van der Waals surface area (Å²) in [7, 11) is 6.41. The lowest BCUT2D eigenvalue weighted by molar-refractivity contribution is -0.116. The van der Waals surface area contributed by atoms with Gasteiger partial charge in [-0.25, -0.2) is 4.79 Å². The van der Waals surface area contributed by atoms with E-state index in [0.717, 1.165) is 16.9 Å². The van der Waals surface area contributed by atoms with Crippen LogP contribution in [-0.4, -0.2) is 31.0 Å². The Morgan fingerprint density at radius 1 is 1.37 bits per heavy atom. The fraction of sp³-hybridized carbons (Fsp3) is 0.400. The van der Waals surface area contributed by atoms with E-state index in [1.54, 1.807) is 50.5 Å². The summed E-state index contributed by atoms with van der Waals surface area (Å²) in [6.45, 7) is 3.78. The standard InChI is InChI=1S/C20H23NO3S3/c1-5-6-7-8-9-10-11-17-16(12-13-26-27-25-4)15(2)14-18(22)19(17)21-20(23)24-3/h7-8,12,15H,11,13-14H2,1-4H3,(H,21,23)/b8-7-,16-12-. The zero-order chi connectivity index (χ0) is 20.1. The Bertz CT molecular complexity index is 761. The van der Waals surface area contributed by atoms with Crippen LogP contribution in [-0.2, 0) is 9.53 Å². The topological polar surface area (TPSA) is 55.4 Å². The molecule has 144 valence electrons. The molecule has 0 fully saturated rings. The molecular weight excluding hydrogens is 398 g/mol. The summed E-state index contributed by atoms with van der Waals surface area (Å²) in [5.74, 6) is 12.3. The van der Waals surface area contributed by atoms with Gasteiger partial charge in [-0.05, 0) is 52.2 Å². The lowest BCUT2D eigenvalue weighted by Crippen LogP contribution is -2.33. The van der Waals surface area contributed by atoms with Crippen LogP contribution in [0.1, 0.15) is 26.7 Å². The lowest BCUT2D eigenvalue weighted by atomic mass is 9.80. The van der Waals surface area contributed by atoms with Gasteiger partial charge in [-0.3, -0.25) is 10.1 Å². The van der Waals surface area contributed by atoms with E-state index in [2.05, 4.69) is 39.8 Å². The molecule has 1 unspecified atom stereocenters. The second-order valence-corrected chi connectivity index (χ2v) is 9.78. The summed E-state index contributed by atoms with van der Waals surface area (Å²) in [5, 5.41) is 2.59. The zero-order valence-corrected chi connectivity index (χ0v) is 18.3. The van der Waals surface area contributed by atoms with Crippen molar-refractivity contribution < 1.29 is 14.3 Å². The Hall–Kier alpha value is -1.67. The number of nitrogens with one attached hydrogen (secondary N) is 1. The van der Waals surface area contributed by atoms with Crippen molar-refractivity contribution in [3.8, 4) is 23.7 Å². The zero-order valence-electron chi connectivity index (χ0n) is 15.9. The number of carbonyl (C=O) groups is 2. The number of alkyl carbamates (subject to hydrolysis) is 1. The molecule has 4 nitrogen and oxygen atoms in total. The van der Waals surface area contributed by atoms with Crippen LogP contribution >= 0.6 is 31.4 Å². The van der Waals surface area contributed by atoms with Gasteiger partial charge in [-0.15, -0.1) is 5.92 Å². The minimum Gasteiger partial charge on any atom is -0.453 e. The van der Waals surface area contributed by atoms with Crippen molar-refractivity contribution in [3.63, 3.8) is 0 Å². The van der Waals surface area contributed by atoms with Crippen LogP contribution in [0.5, 0.6) is 0 Å². The number of methoxy groups -OCH3 is 1. The highest BCUT2D eigenvalue weighted by molar-refractivity contribution is 9.09. The number of carbonyl (C=O) groups excluding carboxylic acids is 2. The minimum absolute atomic E-state index is 0.0823. The van der Waals surface area contributed by atoms with Gasteiger partial charge in [0, 0.05) is 18.6 Å². The average molecular weight is 422 g/mol. The Morgan fingerprint density at radius 2 is 2.11 bits per heavy atom. The quantitative estimate of drug-likeness (QED) is 0.379. The number of hydrogen-bond acceptors (Lipinski definition) is 6. The van der Waals surface area contributed by atoms with E-state index >= 15 is 0 Å². The van der Waals surface area contributed by atoms with Crippen LogP contribution in [0.3, 0.4) is 0 Å². The third-order valence-corrected chi connectivity index (χ3v) is 7.34. The monoisotopic (exact) mass is 421 g/mol. The Kier molecular flexibility index (Phi) is 11.7.